The summed E-state index contributed by atoms with van der Waals surface area (Å²) in [4.78, 5) is 52.7. The van der Waals surface area contributed by atoms with Crippen LogP contribution in [-0.4, -0.2) is 58.6 Å². The average Bonchev–Trinajstić information content (AvgIpc) is 2.83. The molecule has 0 bridgehead atoms. The molecule has 0 heterocycles. The fourth-order valence-electron chi connectivity index (χ4n) is 3.76. The number of nitrogens with one attached hydrogen (secondary N) is 2. The van der Waals surface area contributed by atoms with Crippen LogP contribution in [0, 0.1) is 6.92 Å². The van der Waals surface area contributed by atoms with E-state index in [1.165, 1.54) is 0 Å². The van der Waals surface area contributed by atoms with Crippen molar-refractivity contribution in [1.82, 2.24) is 10.2 Å². The zero-order valence-corrected chi connectivity index (χ0v) is 22.7. The molecule has 2 unspecified atom stereocenters. The highest BCUT2D eigenvalue weighted by Gasteiger charge is 2.36. The molecular formula is C27H35ClN4O6. The van der Waals surface area contributed by atoms with Gasteiger partial charge in [-0.15, -0.1) is 0 Å². The largest absolute Gasteiger partial charge is 0.444 e. The predicted molar refractivity (Wildman–Crippen MR) is 144 cm³/mol. The lowest BCUT2D eigenvalue weighted by Crippen LogP contribution is -2.53. The number of carbonyl (C=O) groups is 4. The number of hydrogen-bond acceptors (Lipinski definition) is 6. The van der Waals surface area contributed by atoms with E-state index in [0.29, 0.717) is 21.8 Å². The molecule has 5 N–H and O–H groups in total. The van der Waals surface area contributed by atoms with E-state index < -0.39 is 48.1 Å². The first-order valence-corrected chi connectivity index (χ1v) is 12.5. The summed E-state index contributed by atoms with van der Waals surface area (Å²) in [5.74, 6) is -1.96. The number of carbonyl (C=O) groups excluding carboxylic acids is 4. The number of amides is 4. The molecule has 0 saturated carbocycles. The van der Waals surface area contributed by atoms with Gasteiger partial charge in [0, 0.05) is 13.0 Å². The van der Waals surface area contributed by atoms with Crippen LogP contribution in [0.15, 0.2) is 48.5 Å². The third kappa shape index (κ3) is 9.04. The molecule has 0 spiro atoms. The standard InChI is InChI=1S/C27H35ClN4O6/c1-17-9-8-12-19(28)22(17)31-24(35)23(18-10-6-5-7-11-18)32(15-16-33)25(36)20(13-14-21(29)34)30-26(37)38-27(2,3)4/h5-12,20,23,33H,13-16H2,1-4H3,(H2,29,34)(H,30,37)(H,31,35). The Kier molecular flexibility index (Phi) is 11.1. The quantitative estimate of drug-likeness (QED) is 0.339. The van der Waals surface area contributed by atoms with Crippen molar-refractivity contribution in [3.63, 3.8) is 0 Å². The van der Waals surface area contributed by atoms with E-state index >= 15 is 0 Å². The number of alkyl carbamates (subject to hydrolysis) is 1. The maximum atomic E-state index is 13.8. The van der Waals surface area contributed by atoms with Crippen molar-refractivity contribution in [2.24, 2.45) is 5.73 Å². The van der Waals surface area contributed by atoms with Crippen LogP contribution in [0.25, 0.3) is 0 Å². The Balaban J connectivity index is 2.49. The van der Waals surface area contributed by atoms with Gasteiger partial charge in [-0.3, -0.25) is 14.4 Å². The normalized spacial score (nSPS) is 12.7. The first-order chi connectivity index (χ1) is 17.8. The van der Waals surface area contributed by atoms with Gasteiger partial charge in [0.1, 0.15) is 17.7 Å². The second-order valence-corrected chi connectivity index (χ2v) is 10.1. The summed E-state index contributed by atoms with van der Waals surface area (Å²) >= 11 is 6.32. The first kappa shape index (κ1) is 30.6. The smallest absolute Gasteiger partial charge is 0.408 e. The van der Waals surface area contributed by atoms with Crippen molar-refractivity contribution in [1.29, 1.82) is 0 Å². The number of hydrogen-bond donors (Lipinski definition) is 4. The Hall–Kier alpha value is -3.63. The summed E-state index contributed by atoms with van der Waals surface area (Å²) in [5.41, 5.74) is 6.01. The van der Waals surface area contributed by atoms with Crippen LogP contribution in [0.5, 0.6) is 0 Å². The van der Waals surface area contributed by atoms with Crippen molar-refractivity contribution >= 4 is 41.1 Å². The molecule has 38 heavy (non-hydrogen) atoms. The molecule has 2 atom stereocenters. The summed E-state index contributed by atoms with van der Waals surface area (Å²) in [6.07, 6.45) is -1.22. The van der Waals surface area contributed by atoms with Gasteiger partial charge in [-0.1, -0.05) is 54.1 Å². The zero-order valence-electron chi connectivity index (χ0n) is 22.0. The summed E-state index contributed by atoms with van der Waals surface area (Å²) in [7, 11) is 0. The molecule has 0 aliphatic carbocycles. The number of para-hydroxylation sites is 1. The lowest BCUT2D eigenvalue weighted by Gasteiger charge is -2.34. The fourth-order valence-corrected chi connectivity index (χ4v) is 4.03. The molecule has 11 heteroatoms. The Morgan fingerprint density at radius 2 is 1.74 bits per heavy atom. The van der Waals surface area contributed by atoms with Gasteiger partial charge in [0.25, 0.3) is 5.91 Å². The number of anilines is 1. The van der Waals surface area contributed by atoms with Gasteiger partial charge in [0.15, 0.2) is 0 Å². The van der Waals surface area contributed by atoms with E-state index in [9.17, 15) is 24.3 Å². The van der Waals surface area contributed by atoms with Crippen molar-refractivity contribution in [2.45, 2.75) is 58.2 Å². The van der Waals surface area contributed by atoms with Gasteiger partial charge in [0.05, 0.1) is 17.3 Å². The molecule has 2 aromatic rings. The summed E-state index contributed by atoms with van der Waals surface area (Å²) < 4.78 is 5.28. The lowest BCUT2D eigenvalue weighted by atomic mass is 10.0. The number of ether oxygens (including phenoxy) is 1. The van der Waals surface area contributed by atoms with E-state index in [4.69, 9.17) is 22.1 Å². The van der Waals surface area contributed by atoms with Gasteiger partial charge in [0.2, 0.25) is 11.8 Å². The SMILES string of the molecule is Cc1cccc(Cl)c1NC(=O)C(c1ccccc1)N(CCO)C(=O)C(CCC(N)=O)NC(=O)OC(C)(C)C. The van der Waals surface area contributed by atoms with Crippen LogP contribution in [-0.2, 0) is 19.1 Å². The minimum Gasteiger partial charge on any atom is -0.444 e. The van der Waals surface area contributed by atoms with Crippen molar-refractivity contribution in [2.75, 3.05) is 18.5 Å². The van der Waals surface area contributed by atoms with Crippen LogP contribution >= 0.6 is 11.6 Å². The van der Waals surface area contributed by atoms with E-state index in [-0.39, 0.29) is 19.4 Å². The molecule has 4 amide bonds. The number of rotatable bonds is 11. The fraction of sp³-hybridized carbons (Fsp3) is 0.407. The number of nitrogens with two attached hydrogens (primary N) is 1. The van der Waals surface area contributed by atoms with Gasteiger partial charge >= 0.3 is 6.09 Å². The molecule has 0 saturated heterocycles. The molecule has 0 fully saturated rings. The Labute approximate surface area is 227 Å². The zero-order chi connectivity index (χ0) is 28.5. The molecule has 0 aliphatic heterocycles. The molecule has 0 aromatic heterocycles. The third-order valence-electron chi connectivity index (χ3n) is 5.44. The van der Waals surface area contributed by atoms with Gasteiger partial charge in [-0.2, -0.15) is 0 Å². The molecular weight excluding hydrogens is 512 g/mol. The predicted octanol–water partition coefficient (Wildman–Crippen LogP) is 3.31. The van der Waals surface area contributed by atoms with Gasteiger partial charge in [-0.05, 0) is 51.3 Å². The van der Waals surface area contributed by atoms with Gasteiger partial charge < -0.3 is 31.1 Å². The van der Waals surface area contributed by atoms with Crippen LogP contribution in [0.4, 0.5) is 10.5 Å². The number of aliphatic hydroxyl groups is 1. The average molecular weight is 547 g/mol. The molecule has 2 rings (SSSR count). The summed E-state index contributed by atoms with van der Waals surface area (Å²) in [6.45, 7) is 6.06. The third-order valence-corrected chi connectivity index (χ3v) is 5.75. The minimum absolute atomic E-state index is 0.137. The molecule has 206 valence electrons. The summed E-state index contributed by atoms with van der Waals surface area (Å²) in [6, 6.07) is 11.2. The van der Waals surface area contributed by atoms with Crippen LogP contribution < -0.4 is 16.4 Å². The molecule has 0 aliphatic rings. The van der Waals surface area contributed by atoms with E-state index in [1.807, 2.05) is 0 Å². The molecule has 2 aromatic carbocycles. The van der Waals surface area contributed by atoms with E-state index in [0.717, 1.165) is 4.90 Å². The maximum absolute atomic E-state index is 13.8. The maximum Gasteiger partial charge on any atom is 0.408 e. The van der Waals surface area contributed by atoms with Crippen LogP contribution in [0.3, 0.4) is 0 Å². The topological polar surface area (TPSA) is 151 Å². The second-order valence-electron chi connectivity index (χ2n) is 9.69. The van der Waals surface area contributed by atoms with Crippen molar-refractivity contribution < 1.29 is 29.0 Å². The number of aryl methyl sites for hydroxylation is 1. The highest BCUT2D eigenvalue weighted by atomic mass is 35.5. The number of aliphatic hydroxyl groups excluding tert-OH is 1. The first-order valence-electron chi connectivity index (χ1n) is 12.1. The Morgan fingerprint density at radius 3 is 2.29 bits per heavy atom. The Bertz CT molecular complexity index is 1120. The Morgan fingerprint density at radius 1 is 1.08 bits per heavy atom. The van der Waals surface area contributed by atoms with E-state index in [2.05, 4.69) is 10.6 Å². The van der Waals surface area contributed by atoms with Crippen LogP contribution in [0.1, 0.15) is 50.8 Å². The number of primary amides is 1. The van der Waals surface area contributed by atoms with Crippen molar-refractivity contribution in [3.8, 4) is 0 Å². The molecule has 10 nitrogen and oxygen atoms in total. The second kappa shape index (κ2) is 13.8. The summed E-state index contributed by atoms with van der Waals surface area (Å²) in [5, 5.41) is 15.4. The number of benzene rings is 2. The minimum atomic E-state index is -1.26. The molecule has 0 radical (unpaired) electrons. The highest BCUT2D eigenvalue weighted by molar-refractivity contribution is 6.34. The van der Waals surface area contributed by atoms with Crippen LogP contribution in [0.2, 0.25) is 5.02 Å². The number of halogens is 1. The monoisotopic (exact) mass is 546 g/mol. The number of nitrogens with zero attached hydrogens (tertiary/aromatic N) is 1. The van der Waals surface area contributed by atoms with E-state index in [1.54, 1.807) is 76.2 Å². The van der Waals surface area contributed by atoms with Crippen molar-refractivity contribution in [3.05, 3.63) is 64.7 Å². The lowest BCUT2D eigenvalue weighted by molar-refractivity contribution is -0.141. The van der Waals surface area contributed by atoms with Gasteiger partial charge in [-0.25, -0.2) is 4.79 Å². The highest BCUT2D eigenvalue weighted by Crippen LogP contribution is 2.29.